The van der Waals surface area contributed by atoms with Crippen molar-refractivity contribution in [3.8, 4) is 0 Å². The third-order valence-electron chi connectivity index (χ3n) is 1.92. The molecule has 0 aliphatic heterocycles. The molecular formula is C9H14ClNO3S. The van der Waals surface area contributed by atoms with Gasteiger partial charge in [0.25, 0.3) is 0 Å². The zero-order valence-corrected chi connectivity index (χ0v) is 9.88. The lowest BCUT2D eigenvalue weighted by Crippen LogP contribution is -2.11. The van der Waals surface area contributed by atoms with Gasteiger partial charge in [-0.15, -0.1) is 12.4 Å². The molecule has 0 heterocycles. The zero-order valence-electron chi connectivity index (χ0n) is 8.25. The minimum atomic E-state index is -3.16. The van der Waals surface area contributed by atoms with Crippen LogP contribution in [0.25, 0.3) is 0 Å². The Balaban J connectivity index is 0.00000196. The van der Waals surface area contributed by atoms with Crippen molar-refractivity contribution in [2.45, 2.75) is 11.0 Å². The average Bonchev–Trinajstić information content (AvgIpc) is 2.15. The van der Waals surface area contributed by atoms with Crippen LogP contribution in [0.15, 0.2) is 29.2 Å². The van der Waals surface area contributed by atoms with Crippen molar-refractivity contribution in [1.82, 2.24) is 0 Å². The molecule has 0 fully saturated rings. The van der Waals surface area contributed by atoms with E-state index in [1.807, 2.05) is 0 Å². The number of nitrogens with two attached hydrogens (primary N) is 1. The summed E-state index contributed by atoms with van der Waals surface area (Å²) in [6, 6.07) is 6.05. The maximum Gasteiger partial charge on any atom is 0.175 e. The van der Waals surface area contributed by atoms with Gasteiger partial charge in [-0.25, -0.2) is 8.42 Å². The maximum atomic E-state index is 11.1. The predicted molar refractivity (Wildman–Crippen MR) is 60.8 cm³/mol. The highest BCUT2D eigenvalue weighted by Gasteiger charge is 2.08. The quantitative estimate of drug-likeness (QED) is 0.820. The summed E-state index contributed by atoms with van der Waals surface area (Å²) < 4.78 is 22.2. The molecule has 0 saturated carbocycles. The van der Waals surface area contributed by atoms with Gasteiger partial charge in [0, 0.05) is 12.8 Å². The lowest BCUT2D eigenvalue weighted by Gasteiger charge is -2.07. The van der Waals surface area contributed by atoms with E-state index in [0.717, 1.165) is 6.26 Å². The van der Waals surface area contributed by atoms with E-state index in [0.29, 0.717) is 5.56 Å². The summed E-state index contributed by atoms with van der Waals surface area (Å²) >= 11 is 0. The van der Waals surface area contributed by atoms with E-state index in [-0.39, 0.29) is 23.8 Å². The summed E-state index contributed by atoms with van der Waals surface area (Å²) in [5, 5.41) is 9.35. The monoisotopic (exact) mass is 251 g/mol. The Morgan fingerprint density at radius 2 is 1.80 bits per heavy atom. The smallest absolute Gasteiger partial charge is 0.175 e. The van der Waals surface area contributed by atoms with Crippen molar-refractivity contribution in [3.63, 3.8) is 0 Å². The molecule has 1 rings (SSSR count). The van der Waals surface area contributed by atoms with Crippen LogP contribution in [0.4, 0.5) is 0 Å². The van der Waals surface area contributed by atoms with E-state index in [1.54, 1.807) is 12.1 Å². The van der Waals surface area contributed by atoms with Gasteiger partial charge < -0.3 is 10.8 Å². The SMILES string of the molecule is CS(=O)(=O)c1ccc(C(O)CN)cc1.Cl. The van der Waals surface area contributed by atoms with Gasteiger partial charge in [-0.2, -0.15) is 0 Å². The van der Waals surface area contributed by atoms with Gasteiger partial charge >= 0.3 is 0 Å². The molecule has 6 heteroatoms. The largest absolute Gasteiger partial charge is 0.387 e. The van der Waals surface area contributed by atoms with Crippen LogP contribution < -0.4 is 5.73 Å². The van der Waals surface area contributed by atoms with Gasteiger partial charge in [-0.3, -0.25) is 0 Å². The number of aliphatic hydroxyl groups excluding tert-OH is 1. The average molecular weight is 252 g/mol. The molecule has 0 radical (unpaired) electrons. The lowest BCUT2D eigenvalue weighted by atomic mass is 10.1. The Hall–Kier alpha value is -0.620. The molecule has 86 valence electrons. The van der Waals surface area contributed by atoms with Gasteiger partial charge in [0.1, 0.15) is 0 Å². The Kier molecular flexibility index (Phi) is 5.23. The molecule has 0 spiro atoms. The van der Waals surface area contributed by atoms with Crippen molar-refractivity contribution in [3.05, 3.63) is 29.8 Å². The highest BCUT2D eigenvalue weighted by molar-refractivity contribution is 7.90. The van der Waals surface area contributed by atoms with Crippen molar-refractivity contribution in [2.75, 3.05) is 12.8 Å². The maximum absolute atomic E-state index is 11.1. The van der Waals surface area contributed by atoms with Gasteiger partial charge in [-0.05, 0) is 17.7 Å². The van der Waals surface area contributed by atoms with E-state index in [2.05, 4.69) is 0 Å². The molecule has 3 N–H and O–H groups in total. The van der Waals surface area contributed by atoms with Crippen LogP contribution in [0.1, 0.15) is 11.7 Å². The zero-order chi connectivity index (χ0) is 10.8. The molecule has 0 aliphatic rings. The molecule has 15 heavy (non-hydrogen) atoms. The van der Waals surface area contributed by atoms with Crippen LogP contribution >= 0.6 is 12.4 Å². The van der Waals surface area contributed by atoms with Crippen LogP contribution in [0.3, 0.4) is 0 Å². The molecule has 0 amide bonds. The van der Waals surface area contributed by atoms with Gasteiger partial charge in [-0.1, -0.05) is 12.1 Å². The van der Waals surface area contributed by atoms with E-state index >= 15 is 0 Å². The van der Waals surface area contributed by atoms with Crippen molar-refractivity contribution >= 4 is 22.2 Å². The number of hydrogen-bond acceptors (Lipinski definition) is 4. The number of aliphatic hydroxyl groups is 1. The Morgan fingerprint density at radius 1 is 1.33 bits per heavy atom. The summed E-state index contributed by atoms with van der Waals surface area (Å²) in [5.74, 6) is 0. The molecular weight excluding hydrogens is 238 g/mol. The summed E-state index contributed by atoms with van der Waals surface area (Å²) in [4.78, 5) is 0.241. The second kappa shape index (κ2) is 5.46. The van der Waals surface area contributed by atoms with Crippen LogP contribution in [0.5, 0.6) is 0 Å². The normalized spacial score (nSPS) is 13.0. The van der Waals surface area contributed by atoms with Crippen molar-refractivity contribution < 1.29 is 13.5 Å². The minimum Gasteiger partial charge on any atom is -0.387 e. The van der Waals surface area contributed by atoms with E-state index < -0.39 is 15.9 Å². The number of sulfone groups is 1. The topological polar surface area (TPSA) is 80.4 Å². The summed E-state index contributed by atoms with van der Waals surface area (Å²) in [6.45, 7) is 0.123. The summed E-state index contributed by atoms with van der Waals surface area (Å²) in [6.07, 6.45) is 0.407. The number of rotatable bonds is 3. The molecule has 0 aromatic heterocycles. The van der Waals surface area contributed by atoms with E-state index in [1.165, 1.54) is 12.1 Å². The Labute approximate surface area is 95.4 Å². The molecule has 1 aromatic rings. The standard InChI is InChI=1S/C9H13NO3S.ClH/c1-14(12,13)8-4-2-7(3-5-8)9(11)6-10;/h2-5,9,11H,6,10H2,1H3;1H. The molecule has 0 aliphatic carbocycles. The first-order valence-corrected chi connectivity index (χ1v) is 6.02. The predicted octanol–water partition coefficient (Wildman–Crippen LogP) is 0.504. The lowest BCUT2D eigenvalue weighted by molar-refractivity contribution is 0.186. The van der Waals surface area contributed by atoms with E-state index in [4.69, 9.17) is 5.73 Å². The number of halogens is 1. The number of benzene rings is 1. The molecule has 0 bridgehead atoms. The second-order valence-electron chi connectivity index (χ2n) is 3.09. The molecule has 0 saturated heterocycles. The molecule has 1 aromatic carbocycles. The van der Waals surface area contributed by atoms with Crippen LogP contribution in [0, 0.1) is 0 Å². The molecule has 1 unspecified atom stereocenters. The Bertz CT molecular complexity index is 402. The highest BCUT2D eigenvalue weighted by Crippen LogP contribution is 2.15. The van der Waals surface area contributed by atoms with Crippen LogP contribution in [-0.4, -0.2) is 26.3 Å². The third-order valence-corrected chi connectivity index (χ3v) is 3.04. The third kappa shape index (κ3) is 3.79. The van der Waals surface area contributed by atoms with Crippen molar-refractivity contribution in [1.29, 1.82) is 0 Å². The summed E-state index contributed by atoms with van der Waals surface area (Å²) in [7, 11) is -3.16. The molecule has 1 atom stereocenters. The number of hydrogen-bond donors (Lipinski definition) is 2. The molecule has 4 nitrogen and oxygen atoms in total. The fourth-order valence-corrected chi connectivity index (χ4v) is 1.70. The van der Waals surface area contributed by atoms with Crippen LogP contribution in [-0.2, 0) is 9.84 Å². The summed E-state index contributed by atoms with van der Waals surface area (Å²) in [5.41, 5.74) is 5.88. The van der Waals surface area contributed by atoms with Gasteiger partial charge in [0.15, 0.2) is 9.84 Å². The second-order valence-corrected chi connectivity index (χ2v) is 5.11. The van der Waals surface area contributed by atoms with Crippen LogP contribution in [0.2, 0.25) is 0 Å². The van der Waals surface area contributed by atoms with Gasteiger partial charge in [0.2, 0.25) is 0 Å². The fourth-order valence-electron chi connectivity index (χ4n) is 1.07. The van der Waals surface area contributed by atoms with Gasteiger partial charge in [0.05, 0.1) is 11.0 Å². The van der Waals surface area contributed by atoms with Crippen molar-refractivity contribution in [2.24, 2.45) is 5.73 Å². The highest BCUT2D eigenvalue weighted by atomic mass is 35.5. The fraction of sp³-hybridized carbons (Fsp3) is 0.333. The minimum absolute atomic E-state index is 0. The first kappa shape index (κ1) is 14.4. The Morgan fingerprint density at radius 3 is 2.13 bits per heavy atom. The van der Waals surface area contributed by atoms with E-state index in [9.17, 15) is 13.5 Å². The first-order valence-electron chi connectivity index (χ1n) is 4.13. The first-order chi connectivity index (χ1) is 6.45.